The van der Waals surface area contributed by atoms with Gasteiger partial charge in [-0.1, -0.05) is 70.0 Å². The van der Waals surface area contributed by atoms with E-state index in [1.807, 2.05) is 27.0 Å². The molecule has 53 heavy (non-hydrogen) atoms. The van der Waals surface area contributed by atoms with Crippen molar-refractivity contribution in [3.63, 3.8) is 0 Å². The van der Waals surface area contributed by atoms with Crippen LogP contribution < -0.4 is 10.2 Å². The van der Waals surface area contributed by atoms with Gasteiger partial charge in [-0.05, 0) is 68.2 Å². The van der Waals surface area contributed by atoms with E-state index < -0.39 is 28.2 Å². The molecule has 11 nitrogen and oxygen atoms in total. The van der Waals surface area contributed by atoms with Crippen molar-refractivity contribution in [1.82, 2.24) is 15.1 Å². The Balaban J connectivity index is 1.58. The molecule has 0 saturated carbocycles. The van der Waals surface area contributed by atoms with E-state index in [9.17, 15) is 19.5 Å². The minimum Gasteiger partial charge on any atom is -0.504 e. The first-order chi connectivity index (χ1) is 24.8. The summed E-state index contributed by atoms with van der Waals surface area (Å²) < 4.78 is 12.0. The summed E-state index contributed by atoms with van der Waals surface area (Å²) in [5.74, 6) is -0.603. The number of ketones is 1. The van der Waals surface area contributed by atoms with Gasteiger partial charge in [-0.25, -0.2) is 0 Å². The maximum absolute atomic E-state index is 13.9. The van der Waals surface area contributed by atoms with Gasteiger partial charge < -0.3 is 24.8 Å². The van der Waals surface area contributed by atoms with Gasteiger partial charge in [-0.3, -0.25) is 29.1 Å². The summed E-state index contributed by atoms with van der Waals surface area (Å²) in [4.78, 5) is 55.4. The molecule has 1 aromatic rings. The lowest BCUT2D eigenvalue weighted by Gasteiger charge is -2.27. The number of phenols is 1. The third-order valence-electron chi connectivity index (χ3n) is 9.32. The van der Waals surface area contributed by atoms with Crippen LogP contribution in [0, 0.1) is 0 Å². The smallest absolute Gasteiger partial charge is 0.259 e. The molecule has 3 aliphatic heterocycles. The molecule has 0 unspecified atom stereocenters. The van der Waals surface area contributed by atoms with Gasteiger partial charge in [0.2, 0.25) is 5.75 Å². The molecule has 0 bridgehead atoms. The molecule has 0 spiro atoms. The van der Waals surface area contributed by atoms with Crippen LogP contribution >= 0.6 is 0 Å². The Labute approximate surface area is 317 Å². The van der Waals surface area contributed by atoms with Crippen LogP contribution in [0.2, 0.25) is 51.4 Å². The van der Waals surface area contributed by atoms with Crippen LogP contribution in [0.3, 0.4) is 0 Å². The summed E-state index contributed by atoms with van der Waals surface area (Å²) in [6, 6.07) is 3.78. The minimum atomic E-state index is -1.34. The molecule has 3 aliphatic rings. The zero-order chi connectivity index (χ0) is 39.1. The summed E-state index contributed by atoms with van der Waals surface area (Å²) in [5.41, 5.74) is 3.81. The number of aromatic hydroxyl groups is 1. The quantitative estimate of drug-likeness (QED) is 0.0312. The van der Waals surface area contributed by atoms with Gasteiger partial charge in [-0.2, -0.15) is 0 Å². The Morgan fingerprint density at radius 3 is 2.34 bits per heavy atom. The molecular weight excluding hydrogens is 707 g/mol. The molecule has 0 aliphatic carbocycles. The highest BCUT2D eigenvalue weighted by Crippen LogP contribution is 2.36. The number of fused-ring (bicyclic) bond motifs is 2. The fourth-order valence-electron chi connectivity index (χ4n) is 6.03. The van der Waals surface area contributed by atoms with Crippen molar-refractivity contribution in [3.05, 3.63) is 76.5 Å². The number of nitrogens with zero attached hydrogens (tertiary/aromatic N) is 2. The largest absolute Gasteiger partial charge is 0.504 e. The van der Waals surface area contributed by atoms with E-state index >= 15 is 0 Å². The van der Waals surface area contributed by atoms with Crippen LogP contribution in [0.15, 0.2) is 65.4 Å². The first-order valence-electron chi connectivity index (χ1n) is 18.6. The topological polar surface area (TPSA) is 127 Å². The van der Waals surface area contributed by atoms with E-state index in [4.69, 9.17) is 19.2 Å². The average molecular weight is 766 g/mol. The lowest BCUT2D eigenvalue weighted by atomic mass is 9.99. The summed E-state index contributed by atoms with van der Waals surface area (Å²) in [6.07, 6.45) is 8.53. The number of amides is 2. The van der Waals surface area contributed by atoms with E-state index in [2.05, 4.69) is 51.2 Å². The Hall–Kier alpha value is -3.92. The molecule has 2 N–H and O–H groups in total. The fourth-order valence-corrected chi connectivity index (χ4v) is 7.55. The molecule has 3 heterocycles. The van der Waals surface area contributed by atoms with Gasteiger partial charge in [0.25, 0.3) is 11.8 Å². The SMILES string of the molecule is C=C(/C=C(\CC)OOc1cc2c(cc1O)C(=O)N1C=C(C)C[C@H]1C(=O)C/C(COCC[Si](C)(C)C)=C/2)N(COCC[Si](C)(C)C)C(=O)[C@@H]1CC(C)=CN1. The van der Waals surface area contributed by atoms with Crippen LogP contribution in [0.25, 0.3) is 6.08 Å². The number of rotatable bonds is 17. The van der Waals surface area contributed by atoms with Crippen LogP contribution in [0.4, 0.5) is 0 Å². The fraction of sp³-hybridized carbons (Fsp3) is 0.525. The standard InChI is InChI=1S/C40H59N3O8Si2/c1-11-32(18-29(4)43(26-49-13-15-53(8,9)10)40(47)34-16-27(2)23-41-34)50-51-38-21-31-19-30(25-48-12-14-52(5,6)7)20-36(44)35-17-28(3)24-42(35)39(46)33(31)22-37(38)45/h18-19,21-24,34-35,41,45H,4,11-17,20,25-26H2,1-3,5-10H3/b30-19-,32-18+/t34-,35-/m0/s1. The zero-order valence-corrected chi connectivity index (χ0v) is 35.1. The summed E-state index contributed by atoms with van der Waals surface area (Å²) in [6.45, 7) is 25.0. The number of hydrogen-bond donors (Lipinski definition) is 2. The Morgan fingerprint density at radius 2 is 1.72 bits per heavy atom. The molecule has 2 amide bonds. The number of phenolic OH excluding ortho intramolecular Hbond substituents is 1. The molecule has 0 radical (unpaired) electrons. The molecule has 2 atom stereocenters. The number of Topliss-reactive ketones (excluding diaryl/α,β-unsaturated/α-hetero) is 1. The normalized spacial score (nSPS) is 20.2. The van der Waals surface area contributed by atoms with Crippen LogP contribution in [-0.2, 0) is 24.0 Å². The van der Waals surface area contributed by atoms with Crippen LogP contribution in [0.1, 0.15) is 62.4 Å². The van der Waals surface area contributed by atoms with E-state index in [0.29, 0.717) is 49.5 Å². The van der Waals surface area contributed by atoms with Gasteiger partial charge in [0.05, 0.1) is 18.2 Å². The second-order valence-electron chi connectivity index (χ2n) is 16.8. The van der Waals surface area contributed by atoms with Crippen molar-refractivity contribution < 1.29 is 38.7 Å². The molecule has 290 valence electrons. The third kappa shape index (κ3) is 12.0. The monoisotopic (exact) mass is 765 g/mol. The molecule has 0 aromatic heterocycles. The first kappa shape index (κ1) is 41.8. The van der Waals surface area contributed by atoms with Crippen molar-refractivity contribution in [2.24, 2.45) is 0 Å². The summed E-state index contributed by atoms with van der Waals surface area (Å²) >= 11 is 0. The highest BCUT2D eigenvalue weighted by molar-refractivity contribution is 6.76. The number of hydrogen-bond acceptors (Lipinski definition) is 9. The number of allylic oxidation sites excluding steroid dienone is 2. The maximum Gasteiger partial charge on any atom is 0.259 e. The molecular formula is C40H59N3O8Si2. The second kappa shape index (κ2) is 17.9. The molecule has 13 heteroatoms. The van der Waals surface area contributed by atoms with Crippen molar-refractivity contribution in [1.29, 1.82) is 0 Å². The lowest BCUT2D eigenvalue weighted by Crippen LogP contribution is -2.43. The van der Waals surface area contributed by atoms with Crippen LogP contribution in [0.5, 0.6) is 11.5 Å². The lowest BCUT2D eigenvalue weighted by molar-refractivity contribution is -0.170. The number of carbonyl (C=O) groups excluding carboxylic acids is 3. The van der Waals surface area contributed by atoms with Gasteiger partial charge >= 0.3 is 0 Å². The van der Waals surface area contributed by atoms with Gasteiger partial charge in [0.1, 0.15) is 12.8 Å². The van der Waals surface area contributed by atoms with E-state index in [1.165, 1.54) is 21.9 Å². The van der Waals surface area contributed by atoms with Crippen molar-refractivity contribution in [2.75, 3.05) is 26.6 Å². The van der Waals surface area contributed by atoms with Crippen LogP contribution in [-0.4, -0.2) is 87.3 Å². The predicted octanol–water partition coefficient (Wildman–Crippen LogP) is 7.75. The van der Waals surface area contributed by atoms with Gasteiger partial charge in [0.15, 0.2) is 17.3 Å². The molecule has 4 rings (SSSR count). The maximum atomic E-state index is 13.9. The minimum absolute atomic E-state index is 0.0219. The predicted molar refractivity (Wildman–Crippen MR) is 213 cm³/mol. The number of nitrogens with one attached hydrogen (secondary N) is 1. The Kier molecular flexibility index (Phi) is 14.2. The van der Waals surface area contributed by atoms with Crippen molar-refractivity contribution >= 4 is 39.8 Å². The third-order valence-corrected chi connectivity index (χ3v) is 12.7. The first-order valence-corrected chi connectivity index (χ1v) is 26.0. The van der Waals surface area contributed by atoms with E-state index in [0.717, 1.165) is 28.8 Å². The van der Waals surface area contributed by atoms with E-state index in [1.54, 1.807) is 18.4 Å². The summed E-state index contributed by atoms with van der Waals surface area (Å²) in [7, 11) is -2.66. The van der Waals surface area contributed by atoms with Crippen molar-refractivity contribution in [3.8, 4) is 11.5 Å². The van der Waals surface area contributed by atoms with Gasteiger partial charge in [0, 0.05) is 60.2 Å². The highest BCUT2D eigenvalue weighted by atomic mass is 28.3. The number of benzene rings is 1. The molecule has 0 fully saturated rings. The van der Waals surface area contributed by atoms with Gasteiger partial charge in [-0.15, -0.1) is 0 Å². The Morgan fingerprint density at radius 1 is 1.04 bits per heavy atom. The Bertz CT molecular complexity index is 1680. The second-order valence-corrected chi connectivity index (χ2v) is 28.0. The highest BCUT2D eigenvalue weighted by Gasteiger charge is 2.36. The van der Waals surface area contributed by atoms with E-state index in [-0.39, 0.29) is 54.4 Å². The summed E-state index contributed by atoms with van der Waals surface area (Å²) in [5, 5.41) is 14.3. The number of ether oxygens (including phenoxy) is 2. The van der Waals surface area contributed by atoms with Crippen molar-refractivity contribution in [2.45, 2.75) is 110 Å². The zero-order valence-electron chi connectivity index (χ0n) is 33.1. The number of carbonyl (C=O) groups is 3. The molecule has 1 aromatic carbocycles. The molecule has 0 saturated heterocycles. The average Bonchev–Trinajstić information content (AvgIpc) is 3.69.